The summed E-state index contributed by atoms with van der Waals surface area (Å²) in [6, 6.07) is 2.03. The normalized spacial score (nSPS) is 18.2. The van der Waals surface area contributed by atoms with Gasteiger partial charge in [0.15, 0.2) is 0 Å². The molecule has 0 unspecified atom stereocenters. The maximum Gasteiger partial charge on any atom is 0.147 e. The van der Waals surface area contributed by atoms with Gasteiger partial charge in [-0.25, -0.2) is 4.98 Å². The van der Waals surface area contributed by atoms with Crippen LogP contribution in [0.25, 0.3) is 0 Å². The second-order valence-electron chi connectivity index (χ2n) is 3.78. The van der Waals surface area contributed by atoms with Crippen LogP contribution in [0.1, 0.15) is 12.8 Å². The van der Waals surface area contributed by atoms with Crippen LogP contribution in [-0.2, 0) is 0 Å². The molecular formula is C10H13Cl2N3. The van der Waals surface area contributed by atoms with Gasteiger partial charge in [-0.3, -0.25) is 0 Å². The van der Waals surface area contributed by atoms with Crippen molar-refractivity contribution in [2.75, 3.05) is 18.0 Å². The van der Waals surface area contributed by atoms with Gasteiger partial charge >= 0.3 is 0 Å². The lowest BCUT2D eigenvalue weighted by Gasteiger charge is -2.31. The highest BCUT2D eigenvalue weighted by atomic mass is 35.5. The first-order chi connectivity index (χ1) is 7.16. The molecule has 1 aromatic rings. The standard InChI is InChI=1S/C10H13Cl2N3/c11-7-5-9(12)10(14-6-7)15-3-1-8(13)2-4-15/h5-6,8H,1-4,13H2. The van der Waals surface area contributed by atoms with Gasteiger partial charge < -0.3 is 10.6 Å². The molecule has 0 aromatic carbocycles. The number of halogens is 2. The summed E-state index contributed by atoms with van der Waals surface area (Å²) < 4.78 is 0. The van der Waals surface area contributed by atoms with Crippen molar-refractivity contribution in [3.05, 3.63) is 22.3 Å². The van der Waals surface area contributed by atoms with E-state index in [1.54, 1.807) is 12.3 Å². The number of hydrogen-bond acceptors (Lipinski definition) is 3. The minimum absolute atomic E-state index is 0.312. The van der Waals surface area contributed by atoms with E-state index < -0.39 is 0 Å². The summed E-state index contributed by atoms with van der Waals surface area (Å²) in [4.78, 5) is 6.40. The van der Waals surface area contributed by atoms with E-state index in [2.05, 4.69) is 9.88 Å². The fourth-order valence-corrected chi connectivity index (χ4v) is 2.25. The van der Waals surface area contributed by atoms with Gasteiger partial charge in [0.25, 0.3) is 0 Å². The van der Waals surface area contributed by atoms with Crippen LogP contribution in [0.3, 0.4) is 0 Å². The maximum atomic E-state index is 6.08. The zero-order chi connectivity index (χ0) is 10.8. The zero-order valence-corrected chi connectivity index (χ0v) is 9.80. The molecule has 0 aliphatic carbocycles. The molecule has 15 heavy (non-hydrogen) atoms. The van der Waals surface area contributed by atoms with Crippen molar-refractivity contribution >= 4 is 29.0 Å². The summed E-state index contributed by atoms with van der Waals surface area (Å²) >= 11 is 11.9. The Labute approximate surface area is 99.2 Å². The van der Waals surface area contributed by atoms with E-state index in [1.807, 2.05) is 0 Å². The predicted octanol–water partition coefficient (Wildman–Crippen LogP) is 2.32. The number of pyridine rings is 1. The number of nitrogens with zero attached hydrogens (tertiary/aromatic N) is 2. The monoisotopic (exact) mass is 245 g/mol. The van der Waals surface area contributed by atoms with Crippen LogP contribution in [0.4, 0.5) is 5.82 Å². The molecule has 0 saturated carbocycles. The minimum Gasteiger partial charge on any atom is -0.355 e. The minimum atomic E-state index is 0.312. The number of piperidine rings is 1. The van der Waals surface area contributed by atoms with Gasteiger partial charge in [-0.1, -0.05) is 23.2 Å². The van der Waals surface area contributed by atoms with E-state index in [4.69, 9.17) is 28.9 Å². The first kappa shape index (κ1) is 11.0. The van der Waals surface area contributed by atoms with Crippen molar-refractivity contribution in [1.82, 2.24) is 4.98 Å². The van der Waals surface area contributed by atoms with E-state index in [1.165, 1.54) is 0 Å². The predicted molar refractivity (Wildman–Crippen MR) is 63.7 cm³/mol. The molecular weight excluding hydrogens is 233 g/mol. The Kier molecular flexibility index (Phi) is 3.34. The SMILES string of the molecule is NC1CCN(c2ncc(Cl)cc2Cl)CC1. The lowest BCUT2D eigenvalue weighted by Crippen LogP contribution is -2.40. The summed E-state index contributed by atoms with van der Waals surface area (Å²) in [6.07, 6.45) is 3.60. The van der Waals surface area contributed by atoms with Crippen LogP contribution in [0.2, 0.25) is 10.0 Å². The summed E-state index contributed by atoms with van der Waals surface area (Å²) in [5.74, 6) is 0.813. The second kappa shape index (κ2) is 4.56. The molecule has 1 aromatic heterocycles. The van der Waals surface area contributed by atoms with E-state index in [-0.39, 0.29) is 0 Å². The molecule has 2 N–H and O–H groups in total. The molecule has 0 radical (unpaired) electrons. The van der Waals surface area contributed by atoms with Gasteiger partial charge in [-0.15, -0.1) is 0 Å². The molecule has 1 aliphatic heterocycles. The van der Waals surface area contributed by atoms with Gasteiger partial charge in [-0.05, 0) is 18.9 Å². The Hall–Kier alpha value is -0.510. The molecule has 1 aliphatic rings. The largest absolute Gasteiger partial charge is 0.355 e. The van der Waals surface area contributed by atoms with Crippen LogP contribution in [0, 0.1) is 0 Å². The topological polar surface area (TPSA) is 42.1 Å². The third-order valence-corrected chi connectivity index (χ3v) is 3.11. The Morgan fingerprint density at radius 1 is 1.33 bits per heavy atom. The Bertz CT molecular complexity index is 349. The van der Waals surface area contributed by atoms with E-state index in [0.29, 0.717) is 16.1 Å². The number of aromatic nitrogens is 1. The quantitative estimate of drug-likeness (QED) is 0.826. The van der Waals surface area contributed by atoms with Gasteiger partial charge in [0, 0.05) is 25.3 Å². The lowest BCUT2D eigenvalue weighted by molar-refractivity contribution is 0.499. The number of anilines is 1. The molecule has 0 amide bonds. The molecule has 2 heterocycles. The smallest absolute Gasteiger partial charge is 0.147 e. The number of hydrogen-bond donors (Lipinski definition) is 1. The summed E-state index contributed by atoms with van der Waals surface area (Å²) in [7, 11) is 0. The van der Waals surface area contributed by atoms with E-state index >= 15 is 0 Å². The third kappa shape index (κ3) is 2.54. The molecule has 2 rings (SSSR count). The van der Waals surface area contributed by atoms with Crippen LogP contribution in [-0.4, -0.2) is 24.1 Å². The maximum absolute atomic E-state index is 6.08. The molecule has 5 heteroatoms. The first-order valence-electron chi connectivity index (χ1n) is 4.98. The van der Waals surface area contributed by atoms with Crippen LogP contribution in [0.5, 0.6) is 0 Å². The van der Waals surface area contributed by atoms with Gasteiger partial charge in [0.2, 0.25) is 0 Å². The zero-order valence-electron chi connectivity index (χ0n) is 8.29. The van der Waals surface area contributed by atoms with Crippen molar-refractivity contribution in [2.45, 2.75) is 18.9 Å². The van der Waals surface area contributed by atoms with E-state index in [9.17, 15) is 0 Å². The van der Waals surface area contributed by atoms with Gasteiger partial charge in [0.05, 0.1) is 10.0 Å². The fraction of sp³-hybridized carbons (Fsp3) is 0.500. The third-order valence-electron chi connectivity index (χ3n) is 2.63. The highest BCUT2D eigenvalue weighted by molar-refractivity contribution is 6.36. The first-order valence-corrected chi connectivity index (χ1v) is 5.74. The Balaban J connectivity index is 2.15. The van der Waals surface area contributed by atoms with Crippen molar-refractivity contribution in [3.8, 4) is 0 Å². The van der Waals surface area contributed by atoms with Crippen molar-refractivity contribution in [2.24, 2.45) is 5.73 Å². The molecule has 1 fully saturated rings. The average Bonchev–Trinajstić information content (AvgIpc) is 2.20. The molecule has 0 atom stereocenters. The second-order valence-corrected chi connectivity index (χ2v) is 4.63. The number of nitrogens with two attached hydrogens (primary N) is 1. The number of rotatable bonds is 1. The van der Waals surface area contributed by atoms with Crippen molar-refractivity contribution in [1.29, 1.82) is 0 Å². The molecule has 3 nitrogen and oxygen atoms in total. The van der Waals surface area contributed by atoms with Gasteiger partial charge in [0.1, 0.15) is 5.82 Å². The summed E-state index contributed by atoms with van der Waals surface area (Å²) in [5, 5.41) is 1.18. The van der Waals surface area contributed by atoms with Crippen LogP contribution in [0.15, 0.2) is 12.3 Å². The summed E-state index contributed by atoms with van der Waals surface area (Å²) in [5.41, 5.74) is 5.84. The van der Waals surface area contributed by atoms with Gasteiger partial charge in [-0.2, -0.15) is 0 Å². The molecule has 0 bridgehead atoms. The van der Waals surface area contributed by atoms with Crippen LogP contribution < -0.4 is 10.6 Å². The molecule has 0 spiro atoms. The van der Waals surface area contributed by atoms with Crippen molar-refractivity contribution < 1.29 is 0 Å². The highest BCUT2D eigenvalue weighted by Crippen LogP contribution is 2.27. The Morgan fingerprint density at radius 2 is 2.00 bits per heavy atom. The van der Waals surface area contributed by atoms with E-state index in [0.717, 1.165) is 31.7 Å². The summed E-state index contributed by atoms with van der Waals surface area (Å²) in [6.45, 7) is 1.82. The molecule has 82 valence electrons. The highest BCUT2D eigenvalue weighted by Gasteiger charge is 2.19. The fourth-order valence-electron chi connectivity index (χ4n) is 1.75. The lowest BCUT2D eigenvalue weighted by atomic mass is 10.1. The van der Waals surface area contributed by atoms with Crippen LogP contribution >= 0.6 is 23.2 Å². The Morgan fingerprint density at radius 3 is 2.60 bits per heavy atom. The average molecular weight is 246 g/mol. The molecule has 1 saturated heterocycles. The van der Waals surface area contributed by atoms with Crippen molar-refractivity contribution in [3.63, 3.8) is 0 Å².